The molecule has 0 bridgehead atoms. The van der Waals surface area contributed by atoms with E-state index in [4.69, 9.17) is 0 Å². The van der Waals surface area contributed by atoms with Crippen LogP contribution >= 0.6 is 0 Å². The summed E-state index contributed by atoms with van der Waals surface area (Å²) in [5, 5.41) is 3.02. The summed E-state index contributed by atoms with van der Waals surface area (Å²) in [4.78, 5) is 26.6. The molecule has 0 spiro atoms. The third kappa shape index (κ3) is 2.58. The Kier molecular flexibility index (Phi) is 3.91. The molecule has 124 valence electrons. The van der Waals surface area contributed by atoms with Crippen LogP contribution in [0.1, 0.15) is 48.3 Å². The maximum Gasteiger partial charge on any atom is 0.251 e. The maximum absolute atomic E-state index is 12.6. The largest absolute Gasteiger partial charge is 0.346 e. The number of carbonyl (C=O) groups excluding carboxylic acids is 2. The van der Waals surface area contributed by atoms with E-state index >= 15 is 0 Å². The number of hydrogen-bond acceptors (Lipinski definition) is 2. The lowest BCUT2D eigenvalue weighted by molar-refractivity contribution is -0.121. The molecule has 0 saturated heterocycles. The van der Waals surface area contributed by atoms with Crippen LogP contribution in [-0.4, -0.2) is 18.9 Å². The van der Waals surface area contributed by atoms with Crippen LogP contribution in [0.5, 0.6) is 0 Å². The average Bonchev–Trinajstić information content (AvgIpc) is 2.76. The van der Waals surface area contributed by atoms with Gasteiger partial charge in [0.05, 0.1) is 11.5 Å². The summed E-state index contributed by atoms with van der Waals surface area (Å²) < 4.78 is 0. The topological polar surface area (TPSA) is 49.4 Å². The van der Waals surface area contributed by atoms with Crippen LogP contribution in [0.2, 0.25) is 0 Å². The molecule has 1 aliphatic heterocycles. The molecule has 4 nitrogen and oxygen atoms in total. The lowest BCUT2D eigenvalue weighted by atomic mass is 9.85. The number of carbonyl (C=O) groups is 2. The molecule has 4 heteroatoms. The summed E-state index contributed by atoms with van der Waals surface area (Å²) in [6.07, 6.45) is 0. The molecule has 24 heavy (non-hydrogen) atoms. The molecule has 2 aromatic carbocycles. The van der Waals surface area contributed by atoms with Crippen molar-refractivity contribution in [1.82, 2.24) is 5.32 Å². The summed E-state index contributed by atoms with van der Waals surface area (Å²) in [7, 11) is 1.77. The smallest absolute Gasteiger partial charge is 0.251 e. The first-order chi connectivity index (χ1) is 11.3. The minimum absolute atomic E-state index is 0.0488. The van der Waals surface area contributed by atoms with Gasteiger partial charge in [-0.2, -0.15) is 0 Å². The monoisotopic (exact) mass is 322 g/mol. The zero-order valence-electron chi connectivity index (χ0n) is 14.5. The van der Waals surface area contributed by atoms with Crippen molar-refractivity contribution < 1.29 is 9.59 Å². The number of hydrogen-bond donors (Lipinski definition) is 1. The summed E-state index contributed by atoms with van der Waals surface area (Å²) in [6.45, 7) is 5.75. The van der Waals surface area contributed by atoms with Gasteiger partial charge in [0, 0.05) is 18.3 Å². The number of rotatable bonds is 3. The van der Waals surface area contributed by atoms with E-state index in [9.17, 15) is 9.59 Å². The van der Waals surface area contributed by atoms with Gasteiger partial charge < -0.3 is 10.2 Å². The number of benzene rings is 2. The Morgan fingerprint density at radius 2 is 1.79 bits per heavy atom. The van der Waals surface area contributed by atoms with Crippen LogP contribution in [0.4, 0.5) is 5.69 Å². The van der Waals surface area contributed by atoms with Gasteiger partial charge in [0.15, 0.2) is 0 Å². The third-order valence-corrected chi connectivity index (χ3v) is 4.78. The molecule has 0 saturated carbocycles. The molecule has 2 amide bonds. The van der Waals surface area contributed by atoms with Crippen molar-refractivity contribution in [1.29, 1.82) is 0 Å². The van der Waals surface area contributed by atoms with Gasteiger partial charge in [-0.15, -0.1) is 0 Å². The zero-order chi connectivity index (χ0) is 17.5. The first-order valence-electron chi connectivity index (χ1n) is 8.11. The zero-order valence-corrected chi connectivity index (χ0v) is 14.5. The van der Waals surface area contributed by atoms with E-state index < -0.39 is 5.41 Å². The average molecular weight is 322 g/mol. The number of nitrogens with one attached hydrogen (secondary N) is 1. The van der Waals surface area contributed by atoms with Crippen molar-refractivity contribution in [3.8, 4) is 0 Å². The lowest BCUT2D eigenvalue weighted by Gasteiger charge is -2.17. The molecule has 0 aromatic heterocycles. The second-order valence-electron chi connectivity index (χ2n) is 6.83. The molecule has 1 atom stereocenters. The Balaban J connectivity index is 1.85. The number of likely N-dealkylation sites (N-methyl/N-ethyl adjacent to an activating group) is 1. The molecule has 1 N–H and O–H groups in total. The number of nitrogens with zero attached hydrogens (tertiary/aromatic N) is 1. The standard InChI is InChI=1S/C20H22N2O2/c1-13(14-8-6-5-7-9-14)21-18(23)15-10-11-17-16(12-15)20(2,3)19(24)22(17)4/h5-13H,1-4H3,(H,21,23). The highest BCUT2D eigenvalue weighted by Gasteiger charge is 2.42. The summed E-state index contributed by atoms with van der Waals surface area (Å²) in [5.74, 6) is -0.0836. The van der Waals surface area contributed by atoms with E-state index in [1.54, 1.807) is 18.0 Å². The van der Waals surface area contributed by atoms with Crippen LogP contribution in [0, 0.1) is 0 Å². The Morgan fingerprint density at radius 3 is 2.46 bits per heavy atom. The Bertz CT molecular complexity index is 797. The van der Waals surface area contributed by atoms with Crippen molar-refractivity contribution in [2.45, 2.75) is 32.2 Å². The second-order valence-corrected chi connectivity index (χ2v) is 6.83. The molecule has 2 aromatic rings. The highest BCUT2D eigenvalue weighted by Crippen LogP contribution is 2.41. The summed E-state index contributed by atoms with van der Waals surface area (Å²) >= 11 is 0. The fraction of sp³-hybridized carbons (Fsp3) is 0.300. The van der Waals surface area contributed by atoms with Crippen LogP contribution in [0.25, 0.3) is 0 Å². The van der Waals surface area contributed by atoms with Gasteiger partial charge >= 0.3 is 0 Å². The second kappa shape index (κ2) is 5.78. The first-order valence-corrected chi connectivity index (χ1v) is 8.11. The van der Waals surface area contributed by atoms with Gasteiger partial charge in [0.25, 0.3) is 5.91 Å². The number of anilines is 1. The van der Waals surface area contributed by atoms with E-state index in [1.165, 1.54) is 0 Å². The predicted molar refractivity (Wildman–Crippen MR) is 95.2 cm³/mol. The third-order valence-electron chi connectivity index (χ3n) is 4.78. The van der Waals surface area contributed by atoms with Crippen molar-refractivity contribution in [2.75, 3.05) is 11.9 Å². The highest BCUT2D eigenvalue weighted by atomic mass is 16.2. The van der Waals surface area contributed by atoms with E-state index in [0.717, 1.165) is 16.8 Å². The van der Waals surface area contributed by atoms with Gasteiger partial charge in [-0.05, 0) is 50.1 Å². The molecule has 3 rings (SSSR count). The van der Waals surface area contributed by atoms with Gasteiger partial charge in [-0.3, -0.25) is 9.59 Å². The van der Waals surface area contributed by atoms with Crippen molar-refractivity contribution in [3.05, 3.63) is 65.2 Å². The first kappa shape index (κ1) is 16.2. The van der Waals surface area contributed by atoms with E-state index in [2.05, 4.69) is 5.32 Å². The van der Waals surface area contributed by atoms with Crippen molar-refractivity contribution >= 4 is 17.5 Å². The van der Waals surface area contributed by atoms with Crippen LogP contribution < -0.4 is 10.2 Å². The molecule has 0 radical (unpaired) electrons. The molecule has 0 fully saturated rings. The fourth-order valence-corrected chi connectivity index (χ4v) is 3.22. The molecular weight excluding hydrogens is 300 g/mol. The van der Waals surface area contributed by atoms with Gasteiger partial charge in [-0.1, -0.05) is 30.3 Å². The quantitative estimate of drug-likeness (QED) is 0.941. The molecule has 1 unspecified atom stereocenters. The van der Waals surface area contributed by atoms with Gasteiger partial charge in [0.2, 0.25) is 5.91 Å². The summed E-state index contributed by atoms with van der Waals surface area (Å²) in [6, 6.07) is 15.2. The molecular formula is C20H22N2O2. The fourth-order valence-electron chi connectivity index (χ4n) is 3.22. The van der Waals surface area contributed by atoms with Crippen LogP contribution in [0.15, 0.2) is 48.5 Å². The Morgan fingerprint density at radius 1 is 1.12 bits per heavy atom. The Hall–Kier alpha value is -2.62. The minimum Gasteiger partial charge on any atom is -0.346 e. The molecule has 0 aliphatic carbocycles. The van der Waals surface area contributed by atoms with E-state index in [1.807, 2.05) is 63.2 Å². The van der Waals surface area contributed by atoms with Crippen LogP contribution in [0.3, 0.4) is 0 Å². The summed E-state index contributed by atoms with van der Waals surface area (Å²) in [5.41, 5.74) is 2.80. The maximum atomic E-state index is 12.6. The normalized spacial score (nSPS) is 16.7. The molecule has 1 heterocycles. The highest BCUT2D eigenvalue weighted by molar-refractivity contribution is 6.08. The van der Waals surface area contributed by atoms with Crippen molar-refractivity contribution in [2.24, 2.45) is 0 Å². The van der Waals surface area contributed by atoms with Crippen molar-refractivity contribution in [3.63, 3.8) is 0 Å². The number of amides is 2. The number of fused-ring (bicyclic) bond motifs is 1. The van der Waals surface area contributed by atoms with Crippen LogP contribution in [-0.2, 0) is 10.2 Å². The van der Waals surface area contributed by atoms with E-state index in [-0.39, 0.29) is 17.9 Å². The minimum atomic E-state index is -0.606. The predicted octanol–water partition coefficient (Wildman–Crippen LogP) is 3.43. The Labute approximate surface area is 142 Å². The lowest BCUT2D eigenvalue weighted by Crippen LogP contribution is -2.33. The SMILES string of the molecule is CC(NC(=O)c1ccc2c(c1)C(C)(C)C(=O)N2C)c1ccccc1. The van der Waals surface area contributed by atoms with E-state index in [0.29, 0.717) is 5.56 Å². The van der Waals surface area contributed by atoms with Gasteiger partial charge in [-0.25, -0.2) is 0 Å². The van der Waals surface area contributed by atoms with Gasteiger partial charge in [0.1, 0.15) is 0 Å². The molecule has 1 aliphatic rings.